The molecule has 0 radical (unpaired) electrons. The van der Waals surface area contributed by atoms with Crippen LogP contribution >= 0.6 is 0 Å². The van der Waals surface area contributed by atoms with Crippen LogP contribution in [-0.4, -0.2) is 44.2 Å². The monoisotopic (exact) mass is 681 g/mol. The van der Waals surface area contributed by atoms with Crippen molar-refractivity contribution in [2.45, 2.75) is 217 Å². The number of aromatic hydroxyl groups is 2. The third-order valence-corrected chi connectivity index (χ3v) is 14.5. The summed E-state index contributed by atoms with van der Waals surface area (Å²) >= 11 is 0. The van der Waals surface area contributed by atoms with Crippen molar-refractivity contribution in [2.24, 2.45) is 0 Å². The fourth-order valence-corrected chi connectivity index (χ4v) is 11.8. The fourth-order valence-electron chi connectivity index (χ4n) is 11.8. The molecular weight excluding hydrogens is 613 g/mol. The lowest BCUT2D eigenvalue weighted by molar-refractivity contribution is 0.0722. The quantitative estimate of drug-likeness (QED) is 0.277. The van der Waals surface area contributed by atoms with E-state index in [0.717, 1.165) is 61.0 Å². The van der Waals surface area contributed by atoms with Crippen LogP contribution in [0.1, 0.15) is 187 Å². The van der Waals surface area contributed by atoms with Gasteiger partial charge in [0.05, 0.1) is 0 Å². The van der Waals surface area contributed by atoms with E-state index in [-0.39, 0.29) is 0 Å². The molecule has 4 nitrogen and oxygen atoms in total. The first-order valence-corrected chi connectivity index (χ1v) is 21.9. The van der Waals surface area contributed by atoms with Gasteiger partial charge in [0, 0.05) is 59.5 Å². The number of hydrogen-bond donors (Lipinski definition) is 2. The Morgan fingerprint density at radius 2 is 0.700 bits per heavy atom. The van der Waals surface area contributed by atoms with Crippen molar-refractivity contribution in [3.63, 3.8) is 0 Å². The van der Waals surface area contributed by atoms with Gasteiger partial charge in [-0.15, -0.1) is 0 Å². The molecule has 4 fully saturated rings. The van der Waals surface area contributed by atoms with Crippen molar-refractivity contribution in [3.05, 3.63) is 45.5 Å². The largest absolute Gasteiger partial charge is 0.507 e. The van der Waals surface area contributed by atoms with Gasteiger partial charge in [0.15, 0.2) is 0 Å². The maximum absolute atomic E-state index is 12.7. The molecule has 0 spiro atoms. The van der Waals surface area contributed by atoms with Gasteiger partial charge in [0.1, 0.15) is 11.5 Å². The van der Waals surface area contributed by atoms with Gasteiger partial charge in [-0.1, -0.05) is 89.2 Å². The standard InChI is InChI=1S/C46H68N2O2/c49-45-35(31-47(37-19-5-1-6-20-37)38-21-7-2-8-22-38)29-33-17-13-15-27-41(33)43(45)44-42-28-16-14-18-34(42)30-36(46(44)50)32-48(39-23-9-3-10-24-39)40-25-11-4-12-26-40/h29-30,37-40,49-50H,1-28,31-32H2. The topological polar surface area (TPSA) is 46.9 Å². The highest BCUT2D eigenvalue weighted by Gasteiger charge is 2.35. The molecule has 0 atom stereocenters. The third kappa shape index (κ3) is 7.41. The first kappa shape index (κ1) is 35.0. The van der Waals surface area contributed by atoms with E-state index in [9.17, 15) is 10.2 Å². The smallest absolute Gasteiger partial charge is 0.128 e. The predicted molar refractivity (Wildman–Crippen MR) is 207 cm³/mol. The summed E-state index contributed by atoms with van der Waals surface area (Å²) in [5.41, 5.74) is 9.92. The van der Waals surface area contributed by atoms with Gasteiger partial charge in [-0.25, -0.2) is 0 Å². The number of rotatable bonds is 9. The van der Waals surface area contributed by atoms with E-state index in [2.05, 4.69) is 21.9 Å². The van der Waals surface area contributed by atoms with Crippen LogP contribution in [0, 0.1) is 0 Å². The number of nitrogens with zero attached hydrogens (tertiary/aromatic N) is 2. The Morgan fingerprint density at radius 1 is 0.400 bits per heavy atom. The van der Waals surface area contributed by atoms with Gasteiger partial charge < -0.3 is 10.2 Å². The van der Waals surface area contributed by atoms with E-state index in [0.29, 0.717) is 35.7 Å². The Kier molecular flexibility index (Phi) is 11.4. The first-order valence-electron chi connectivity index (χ1n) is 21.9. The minimum absolute atomic E-state index is 0.499. The second kappa shape index (κ2) is 16.3. The van der Waals surface area contributed by atoms with Crippen LogP contribution in [0.5, 0.6) is 11.5 Å². The number of phenolic OH excluding ortho intramolecular Hbond substituents is 2. The number of fused-ring (bicyclic) bond motifs is 2. The zero-order valence-electron chi connectivity index (χ0n) is 31.5. The zero-order chi connectivity index (χ0) is 33.9. The van der Waals surface area contributed by atoms with Crippen molar-refractivity contribution >= 4 is 0 Å². The lowest BCUT2D eigenvalue weighted by Crippen LogP contribution is -2.44. The van der Waals surface area contributed by atoms with E-state index >= 15 is 0 Å². The minimum atomic E-state index is 0.499. The van der Waals surface area contributed by atoms with Crippen LogP contribution in [0.4, 0.5) is 0 Å². The Balaban J connectivity index is 1.22. The molecule has 8 rings (SSSR count). The van der Waals surface area contributed by atoms with Crippen LogP contribution in [0.25, 0.3) is 11.1 Å². The Hall–Kier alpha value is -2.04. The van der Waals surface area contributed by atoms with Crippen LogP contribution in [0.3, 0.4) is 0 Å². The van der Waals surface area contributed by atoms with E-state index in [1.165, 1.54) is 176 Å². The summed E-state index contributed by atoms with van der Waals surface area (Å²) in [5, 5.41) is 25.4. The molecule has 4 heteroatoms. The molecule has 0 heterocycles. The van der Waals surface area contributed by atoms with Crippen LogP contribution in [0.2, 0.25) is 0 Å². The lowest BCUT2D eigenvalue weighted by Gasteiger charge is -2.42. The molecule has 6 aliphatic rings. The fraction of sp³-hybridized carbons (Fsp3) is 0.739. The summed E-state index contributed by atoms with van der Waals surface area (Å²) in [6.45, 7) is 1.72. The summed E-state index contributed by atoms with van der Waals surface area (Å²) in [7, 11) is 0. The van der Waals surface area contributed by atoms with Crippen molar-refractivity contribution in [2.75, 3.05) is 0 Å². The van der Waals surface area contributed by atoms with Crippen molar-refractivity contribution in [1.82, 2.24) is 9.80 Å². The highest BCUT2D eigenvalue weighted by molar-refractivity contribution is 5.85. The van der Waals surface area contributed by atoms with Crippen LogP contribution < -0.4 is 0 Å². The van der Waals surface area contributed by atoms with Crippen LogP contribution in [-0.2, 0) is 38.8 Å². The normalized spacial score (nSPS) is 23.3. The van der Waals surface area contributed by atoms with Gasteiger partial charge in [0.2, 0.25) is 0 Å². The number of hydrogen-bond acceptors (Lipinski definition) is 4. The van der Waals surface area contributed by atoms with Crippen molar-refractivity contribution in [1.29, 1.82) is 0 Å². The minimum Gasteiger partial charge on any atom is -0.507 e. The molecule has 0 amide bonds. The Labute approximate surface area is 304 Å². The van der Waals surface area contributed by atoms with Crippen molar-refractivity contribution in [3.8, 4) is 22.6 Å². The zero-order valence-corrected chi connectivity index (χ0v) is 31.5. The van der Waals surface area contributed by atoms with Crippen LogP contribution in [0.15, 0.2) is 12.1 Å². The van der Waals surface area contributed by atoms with Gasteiger partial charge in [-0.3, -0.25) is 9.80 Å². The maximum atomic E-state index is 12.7. The van der Waals surface area contributed by atoms with Gasteiger partial charge in [0.25, 0.3) is 0 Å². The average Bonchev–Trinajstić information content (AvgIpc) is 3.18. The molecule has 0 aromatic heterocycles. The maximum Gasteiger partial charge on any atom is 0.128 e. The predicted octanol–water partition coefficient (Wildman–Crippen LogP) is 11.5. The highest BCUT2D eigenvalue weighted by atomic mass is 16.3. The number of phenols is 2. The van der Waals surface area contributed by atoms with E-state index in [4.69, 9.17) is 0 Å². The van der Waals surface area contributed by atoms with E-state index in [1.807, 2.05) is 0 Å². The van der Waals surface area contributed by atoms with Gasteiger partial charge in [-0.05, 0) is 125 Å². The second-order valence-electron chi connectivity index (χ2n) is 17.7. The van der Waals surface area contributed by atoms with E-state index in [1.54, 1.807) is 0 Å². The molecule has 2 aromatic rings. The summed E-state index contributed by atoms with van der Waals surface area (Å²) < 4.78 is 0. The van der Waals surface area contributed by atoms with Gasteiger partial charge in [-0.2, -0.15) is 0 Å². The highest BCUT2D eigenvalue weighted by Crippen LogP contribution is 2.50. The summed E-state index contributed by atoms with van der Waals surface area (Å²) in [6, 6.07) is 7.41. The molecule has 6 aliphatic carbocycles. The lowest BCUT2D eigenvalue weighted by atomic mass is 9.78. The first-order chi connectivity index (χ1) is 24.7. The summed E-state index contributed by atoms with van der Waals surface area (Å²) in [6.07, 6.45) is 35.8. The molecule has 2 N–H and O–H groups in total. The Bertz CT molecular complexity index is 1300. The third-order valence-electron chi connectivity index (χ3n) is 14.5. The molecule has 274 valence electrons. The van der Waals surface area contributed by atoms with E-state index < -0.39 is 0 Å². The average molecular weight is 681 g/mol. The van der Waals surface area contributed by atoms with Crippen molar-refractivity contribution < 1.29 is 10.2 Å². The van der Waals surface area contributed by atoms with Gasteiger partial charge >= 0.3 is 0 Å². The molecule has 0 bridgehead atoms. The Morgan fingerprint density at radius 3 is 1.02 bits per heavy atom. The molecule has 0 aliphatic heterocycles. The molecule has 0 unspecified atom stereocenters. The number of aryl methyl sites for hydroxylation is 2. The summed E-state index contributed by atoms with van der Waals surface area (Å²) in [5.74, 6) is 0.998. The molecule has 2 aromatic carbocycles. The molecule has 0 saturated heterocycles. The molecule has 4 saturated carbocycles. The number of benzene rings is 2. The molecule has 50 heavy (non-hydrogen) atoms. The molecular formula is C46H68N2O2. The summed E-state index contributed by atoms with van der Waals surface area (Å²) in [4.78, 5) is 5.73. The second-order valence-corrected chi connectivity index (χ2v) is 17.7. The SMILES string of the molecule is Oc1c(CN(C2CCCCC2)C2CCCCC2)cc2c(c1-c1c(O)c(CN(C3CCCCC3)C3CCCCC3)cc3c1CCCC3)CCCC2.